The van der Waals surface area contributed by atoms with Crippen LogP contribution in [-0.2, 0) is 17.7 Å². The second-order valence-corrected chi connectivity index (χ2v) is 7.81. The Kier molecular flexibility index (Phi) is 5.48. The summed E-state index contributed by atoms with van der Waals surface area (Å²) in [7, 11) is 0. The Morgan fingerprint density at radius 2 is 1.77 bits per heavy atom. The molecule has 0 saturated carbocycles. The van der Waals surface area contributed by atoms with Crippen LogP contribution in [0, 0.1) is 6.92 Å². The van der Waals surface area contributed by atoms with E-state index in [1.165, 1.54) is 0 Å². The van der Waals surface area contributed by atoms with Gasteiger partial charge in [-0.3, -0.25) is 14.2 Å². The van der Waals surface area contributed by atoms with Gasteiger partial charge in [-0.2, -0.15) is 0 Å². The molecule has 0 bridgehead atoms. The van der Waals surface area contributed by atoms with Crippen LogP contribution >= 0.6 is 0 Å². The number of esters is 1. The van der Waals surface area contributed by atoms with Crippen LogP contribution in [0.2, 0.25) is 0 Å². The van der Waals surface area contributed by atoms with Gasteiger partial charge in [-0.15, -0.1) is 0 Å². The molecule has 6 nitrogen and oxygen atoms in total. The van der Waals surface area contributed by atoms with Gasteiger partial charge < -0.3 is 4.74 Å². The lowest BCUT2D eigenvalue weighted by Gasteiger charge is -2.13. The van der Waals surface area contributed by atoms with Gasteiger partial charge in [-0.25, -0.2) is 9.78 Å². The van der Waals surface area contributed by atoms with Gasteiger partial charge in [-0.1, -0.05) is 36.2 Å². The zero-order chi connectivity index (χ0) is 21.3. The predicted molar refractivity (Wildman–Crippen MR) is 114 cm³/mol. The van der Waals surface area contributed by atoms with Crippen LogP contribution in [-0.4, -0.2) is 27.4 Å². The molecule has 2 heterocycles. The van der Waals surface area contributed by atoms with Gasteiger partial charge in [0.15, 0.2) is 6.10 Å². The van der Waals surface area contributed by atoms with E-state index < -0.39 is 12.1 Å². The Bertz CT molecular complexity index is 1180. The van der Waals surface area contributed by atoms with Crippen molar-refractivity contribution in [3.63, 3.8) is 0 Å². The minimum absolute atomic E-state index is 0.0697. The Balaban J connectivity index is 1.58. The highest BCUT2D eigenvalue weighted by atomic mass is 16.5. The maximum absolute atomic E-state index is 12.8. The molecule has 4 rings (SSSR count). The van der Waals surface area contributed by atoms with Gasteiger partial charge in [-0.05, 0) is 44.9 Å². The zero-order valence-corrected chi connectivity index (χ0v) is 17.2. The summed E-state index contributed by atoms with van der Waals surface area (Å²) in [4.78, 5) is 42.6. The lowest BCUT2D eigenvalue weighted by molar-refractivity contribution is 0.0319. The fourth-order valence-corrected chi connectivity index (χ4v) is 3.78. The van der Waals surface area contributed by atoms with E-state index >= 15 is 0 Å². The number of ether oxygens (including phenoxy) is 1. The number of aryl methyl sites for hydroxylation is 2. The number of nitrogens with zero attached hydrogens (tertiary/aromatic N) is 2. The van der Waals surface area contributed by atoms with E-state index in [1.807, 2.05) is 19.1 Å². The standard InChI is InChI=1S/C24H24N2O4/c1-15-7-9-17(10-8-15)22(27)16(2)30-24(29)18-11-12-19-20(14-18)25-21-6-4-3-5-13-26(21)23(19)28/h7-12,14,16H,3-6,13H2,1-2H3/t16-/m0/s1. The molecule has 3 aromatic rings. The number of hydrogen-bond acceptors (Lipinski definition) is 5. The summed E-state index contributed by atoms with van der Waals surface area (Å²) in [5.41, 5.74) is 2.24. The third-order valence-electron chi connectivity index (χ3n) is 5.54. The molecular formula is C24H24N2O4. The summed E-state index contributed by atoms with van der Waals surface area (Å²) in [6.45, 7) is 4.18. The molecule has 1 atom stereocenters. The zero-order valence-electron chi connectivity index (χ0n) is 17.2. The maximum Gasteiger partial charge on any atom is 0.338 e. The molecule has 0 aliphatic carbocycles. The summed E-state index contributed by atoms with van der Waals surface area (Å²) in [6.07, 6.45) is 2.88. The average molecular weight is 404 g/mol. The molecule has 0 amide bonds. The molecule has 0 saturated heterocycles. The van der Waals surface area contributed by atoms with Crippen LogP contribution in [0.4, 0.5) is 0 Å². The van der Waals surface area contributed by atoms with E-state index in [9.17, 15) is 14.4 Å². The molecule has 1 aromatic heterocycles. The second kappa shape index (κ2) is 8.22. The summed E-state index contributed by atoms with van der Waals surface area (Å²) >= 11 is 0. The Hall–Kier alpha value is -3.28. The maximum atomic E-state index is 12.8. The van der Waals surface area contributed by atoms with Gasteiger partial charge in [0, 0.05) is 18.5 Å². The van der Waals surface area contributed by atoms with Crippen molar-refractivity contribution in [2.75, 3.05) is 0 Å². The highest BCUT2D eigenvalue weighted by molar-refractivity contribution is 6.02. The first-order valence-electron chi connectivity index (χ1n) is 10.3. The first-order chi connectivity index (χ1) is 14.4. The molecule has 6 heteroatoms. The summed E-state index contributed by atoms with van der Waals surface area (Å²) in [6, 6.07) is 11.9. The largest absolute Gasteiger partial charge is 0.451 e. The average Bonchev–Trinajstić information content (AvgIpc) is 2.99. The molecule has 1 aliphatic heterocycles. The van der Waals surface area contributed by atoms with E-state index in [0.29, 0.717) is 23.0 Å². The molecule has 0 N–H and O–H groups in total. The Labute approximate surface area is 174 Å². The van der Waals surface area contributed by atoms with Crippen molar-refractivity contribution < 1.29 is 14.3 Å². The second-order valence-electron chi connectivity index (χ2n) is 7.81. The van der Waals surface area contributed by atoms with Crippen molar-refractivity contribution in [2.24, 2.45) is 0 Å². The topological polar surface area (TPSA) is 78.3 Å². The summed E-state index contributed by atoms with van der Waals surface area (Å²) < 4.78 is 7.14. The van der Waals surface area contributed by atoms with E-state index in [-0.39, 0.29) is 16.9 Å². The first-order valence-corrected chi connectivity index (χ1v) is 10.3. The lowest BCUT2D eigenvalue weighted by Crippen LogP contribution is -2.25. The van der Waals surface area contributed by atoms with Crippen molar-refractivity contribution in [2.45, 2.75) is 52.2 Å². The van der Waals surface area contributed by atoms with E-state index in [0.717, 1.165) is 37.1 Å². The fraction of sp³-hybridized carbons (Fsp3) is 0.333. The molecule has 0 radical (unpaired) electrons. The van der Waals surface area contributed by atoms with Crippen molar-refractivity contribution in [3.8, 4) is 0 Å². The number of fused-ring (bicyclic) bond motifs is 2. The van der Waals surface area contributed by atoms with Crippen molar-refractivity contribution >= 4 is 22.7 Å². The number of carbonyl (C=O) groups is 2. The monoisotopic (exact) mass is 404 g/mol. The number of aromatic nitrogens is 2. The predicted octanol–water partition coefficient (Wildman–Crippen LogP) is 3.86. The van der Waals surface area contributed by atoms with Crippen molar-refractivity contribution in [1.82, 2.24) is 9.55 Å². The van der Waals surface area contributed by atoms with Crippen LogP contribution in [0.1, 0.15) is 58.3 Å². The van der Waals surface area contributed by atoms with E-state index in [2.05, 4.69) is 4.98 Å². The SMILES string of the molecule is Cc1ccc(C(=O)[C@H](C)OC(=O)c2ccc3c(=O)n4c(nc3c2)CCCCC4)cc1. The molecule has 0 spiro atoms. The molecule has 1 aliphatic rings. The van der Waals surface area contributed by atoms with Gasteiger partial charge in [0.1, 0.15) is 5.82 Å². The normalized spacial score (nSPS) is 14.6. The minimum Gasteiger partial charge on any atom is -0.451 e. The van der Waals surface area contributed by atoms with Crippen LogP contribution < -0.4 is 5.56 Å². The Morgan fingerprint density at radius 3 is 2.53 bits per heavy atom. The number of rotatable bonds is 4. The third kappa shape index (κ3) is 3.90. The van der Waals surface area contributed by atoms with Crippen LogP contribution in [0.5, 0.6) is 0 Å². The molecule has 30 heavy (non-hydrogen) atoms. The third-order valence-corrected chi connectivity index (χ3v) is 5.54. The van der Waals surface area contributed by atoms with Crippen LogP contribution in [0.15, 0.2) is 47.3 Å². The minimum atomic E-state index is -0.915. The molecule has 0 fully saturated rings. The summed E-state index contributed by atoms with van der Waals surface area (Å²) in [5, 5.41) is 0.487. The number of hydrogen-bond donors (Lipinski definition) is 0. The van der Waals surface area contributed by atoms with Gasteiger partial charge in [0.25, 0.3) is 5.56 Å². The number of benzene rings is 2. The highest BCUT2D eigenvalue weighted by Gasteiger charge is 2.21. The number of Topliss-reactive ketones (excluding diaryl/α,β-unsaturated/α-hetero) is 1. The van der Waals surface area contributed by atoms with E-state index in [4.69, 9.17) is 4.74 Å². The Morgan fingerprint density at radius 1 is 1.03 bits per heavy atom. The molecular weight excluding hydrogens is 380 g/mol. The quantitative estimate of drug-likeness (QED) is 0.487. The smallest absolute Gasteiger partial charge is 0.338 e. The van der Waals surface area contributed by atoms with Crippen molar-refractivity contribution in [3.05, 3.63) is 75.3 Å². The van der Waals surface area contributed by atoms with E-state index in [1.54, 1.807) is 41.8 Å². The van der Waals surface area contributed by atoms with Crippen LogP contribution in [0.3, 0.4) is 0 Å². The van der Waals surface area contributed by atoms with Gasteiger partial charge in [0.2, 0.25) is 5.78 Å². The molecule has 154 valence electrons. The summed E-state index contributed by atoms with van der Waals surface area (Å²) in [5.74, 6) is -0.106. The lowest BCUT2D eigenvalue weighted by atomic mass is 10.1. The number of carbonyl (C=O) groups excluding carboxylic acids is 2. The highest BCUT2D eigenvalue weighted by Crippen LogP contribution is 2.18. The van der Waals surface area contributed by atoms with Gasteiger partial charge >= 0.3 is 5.97 Å². The molecule has 2 aromatic carbocycles. The fourth-order valence-electron chi connectivity index (χ4n) is 3.78. The number of ketones is 1. The first kappa shape index (κ1) is 20.0. The van der Waals surface area contributed by atoms with Gasteiger partial charge in [0.05, 0.1) is 16.5 Å². The van der Waals surface area contributed by atoms with Crippen LogP contribution in [0.25, 0.3) is 10.9 Å². The van der Waals surface area contributed by atoms with Crippen molar-refractivity contribution in [1.29, 1.82) is 0 Å². The molecule has 0 unspecified atom stereocenters.